The van der Waals surface area contributed by atoms with Crippen molar-refractivity contribution in [2.75, 3.05) is 44.8 Å². The fraction of sp³-hybridized carbons (Fsp3) is 0.600. The number of nitrogens with one attached hydrogen (secondary N) is 1. The lowest BCUT2D eigenvalue weighted by Crippen LogP contribution is -2.44. The number of rotatable bonds is 12. The van der Waals surface area contributed by atoms with Gasteiger partial charge in [0.15, 0.2) is 0 Å². The summed E-state index contributed by atoms with van der Waals surface area (Å²) in [4.78, 5) is 19.3. The van der Waals surface area contributed by atoms with Gasteiger partial charge in [-0.3, -0.25) is 9.69 Å². The Bertz CT molecular complexity index is 1160. The number of hydrogen-bond donors (Lipinski definition) is 2. The van der Waals surface area contributed by atoms with Crippen molar-refractivity contribution in [3.63, 3.8) is 0 Å². The first-order valence-electron chi connectivity index (χ1n) is 14.3. The number of benzene rings is 1. The first-order chi connectivity index (χ1) is 18.8. The molecule has 5 rings (SSSR count). The number of anilines is 1. The number of hydrogen-bond acceptors (Lipinski definition) is 6. The third kappa shape index (κ3) is 6.90. The highest BCUT2D eigenvalue weighted by Gasteiger charge is 2.38. The summed E-state index contributed by atoms with van der Waals surface area (Å²) >= 11 is 0. The maximum absolute atomic E-state index is 14.3. The van der Waals surface area contributed by atoms with E-state index >= 15 is 0 Å². The monoisotopic (exact) mass is 557 g/mol. The summed E-state index contributed by atoms with van der Waals surface area (Å²) in [6.45, 7) is 6.03. The molecule has 39 heavy (non-hydrogen) atoms. The van der Waals surface area contributed by atoms with Crippen molar-refractivity contribution in [2.24, 2.45) is 11.3 Å². The van der Waals surface area contributed by atoms with Crippen LogP contribution in [0.25, 0.3) is 0 Å². The van der Waals surface area contributed by atoms with Gasteiger partial charge < -0.3 is 19.9 Å². The van der Waals surface area contributed by atoms with Crippen molar-refractivity contribution in [2.45, 2.75) is 63.6 Å². The smallest absolute Gasteiger partial charge is 0.325 e. The summed E-state index contributed by atoms with van der Waals surface area (Å²) < 4.78 is 25.6. The predicted molar refractivity (Wildman–Crippen MR) is 153 cm³/mol. The van der Waals surface area contributed by atoms with Crippen LogP contribution >= 0.6 is 9.24 Å². The van der Waals surface area contributed by atoms with Crippen LogP contribution in [-0.4, -0.2) is 66.1 Å². The lowest BCUT2D eigenvalue weighted by molar-refractivity contribution is -0.143. The van der Waals surface area contributed by atoms with Gasteiger partial charge in [0.05, 0.1) is 19.8 Å². The second kappa shape index (κ2) is 12.5. The molecule has 212 valence electrons. The van der Waals surface area contributed by atoms with E-state index in [0.717, 1.165) is 56.6 Å². The molecule has 0 amide bonds. The first-order valence-corrected chi connectivity index (χ1v) is 14.9. The highest BCUT2D eigenvalue weighted by atomic mass is 31.0. The third-order valence-corrected chi connectivity index (χ3v) is 9.25. The summed E-state index contributed by atoms with van der Waals surface area (Å²) in [6.07, 6.45) is 7.42. The first kappa shape index (κ1) is 28.3. The van der Waals surface area contributed by atoms with Crippen molar-refractivity contribution in [1.29, 1.82) is 0 Å². The molecular weight excluding hydrogens is 516 g/mol. The van der Waals surface area contributed by atoms with Gasteiger partial charge >= 0.3 is 5.97 Å². The molecule has 1 aromatic carbocycles. The number of carbonyl (C=O) groups is 1. The minimum atomic E-state index is -0.975. The number of aryl methyl sites for hydroxylation is 2. The van der Waals surface area contributed by atoms with E-state index in [1.54, 1.807) is 6.07 Å². The molecule has 0 radical (unpaired) electrons. The number of carboxylic acids is 1. The van der Waals surface area contributed by atoms with Gasteiger partial charge in [-0.05, 0) is 86.5 Å². The Morgan fingerprint density at radius 1 is 1.33 bits per heavy atom. The number of pyridine rings is 1. The molecule has 1 aromatic heterocycles. The average molecular weight is 558 g/mol. The third-order valence-electron chi connectivity index (χ3n) is 8.38. The molecule has 3 aliphatic heterocycles. The van der Waals surface area contributed by atoms with Gasteiger partial charge in [0.2, 0.25) is 0 Å². The number of ether oxygens (including phenoxy) is 2. The Hall–Kier alpha value is -2.28. The number of nitrogens with zero attached hydrogens (tertiary/aromatic N) is 2. The fourth-order valence-corrected chi connectivity index (χ4v) is 6.52. The zero-order chi connectivity index (χ0) is 27.4. The number of fused-ring (bicyclic) bond motifs is 1. The summed E-state index contributed by atoms with van der Waals surface area (Å²) in [5.41, 5.74) is 3.16. The van der Waals surface area contributed by atoms with Crippen LogP contribution in [0.15, 0.2) is 30.3 Å². The van der Waals surface area contributed by atoms with Gasteiger partial charge in [0.25, 0.3) is 0 Å². The Balaban J connectivity index is 1.15. The van der Waals surface area contributed by atoms with E-state index in [2.05, 4.69) is 33.6 Å². The molecule has 2 N–H and O–H groups in total. The molecule has 2 saturated heterocycles. The number of aliphatic carboxylic acids is 1. The Morgan fingerprint density at radius 2 is 2.18 bits per heavy atom. The number of likely N-dealkylation sites (tertiary alicyclic amines) is 1. The molecule has 3 aliphatic rings. The van der Waals surface area contributed by atoms with E-state index in [9.17, 15) is 14.3 Å². The van der Waals surface area contributed by atoms with E-state index in [4.69, 9.17) is 14.5 Å². The van der Waals surface area contributed by atoms with Crippen molar-refractivity contribution >= 4 is 21.0 Å². The molecule has 0 saturated carbocycles. The fourth-order valence-electron chi connectivity index (χ4n) is 5.97. The molecule has 2 aromatic rings. The van der Waals surface area contributed by atoms with Crippen molar-refractivity contribution in [3.8, 4) is 5.75 Å². The number of carboxylic acid groups (broad SMARTS) is 1. The highest BCUT2D eigenvalue weighted by molar-refractivity contribution is 7.17. The topological polar surface area (TPSA) is 83.9 Å². The summed E-state index contributed by atoms with van der Waals surface area (Å²) in [5, 5.41) is 13.6. The minimum Gasteiger partial charge on any atom is -0.492 e. The van der Waals surface area contributed by atoms with Crippen molar-refractivity contribution < 1.29 is 23.8 Å². The minimum absolute atomic E-state index is 0.0946. The van der Waals surface area contributed by atoms with Crippen LogP contribution in [-0.2, 0) is 22.4 Å². The van der Waals surface area contributed by atoms with Crippen LogP contribution in [0.4, 0.5) is 10.2 Å². The molecule has 0 aliphatic carbocycles. The summed E-state index contributed by atoms with van der Waals surface area (Å²) in [6, 6.07) is 7.65. The number of halogens is 1. The van der Waals surface area contributed by atoms with Gasteiger partial charge in [0.1, 0.15) is 23.4 Å². The highest BCUT2D eigenvalue weighted by Crippen LogP contribution is 2.38. The molecule has 9 heteroatoms. The van der Waals surface area contributed by atoms with Crippen LogP contribution in [0.1, 0.15) is 61.9 Å². The van der Waals surface area contributed by atoms with Crippen LogP contribution in [0.5, 0.6) is 5.75 Å². The maximum Gasteiger partial charge on any atom is 0.325 e. The summed E-state index contributed by atoms with van der Waals surface area (Å²) in [7, 11) is 3.00. The van der Waals surface area contributed by atoms with E-state index < -0.39 is 17.8 Å². The van der Waals surface area contributed by atoms with Gasteiger partial charge in [-0.25, -0.2) is 9.37 Å². The van der Waals surface area contributed by atoms with E-state index in [-0.39, 0.29) is 5.41 Å². The van der Waals surface area contributed by atoms with Gasteiger partial charge in [-0.2, -0.15) is 0 Å². The molecule has 3 unspecified atom stereocenters. The van der Waals surface area contributed by atoms with E-state index in [1.165, 1.54) is 24.1 Å². The zero-order valence-corrected chi connectivity index (χ0v) is 24.0. The standard InChI is InChI=1S/C30H41FN3O4P/c1-30(17-37-18-30)19-38-25-11-9-22(31)15-24(25)27(29(35)36)34-14-12-21(16-34)26(39)7-3-2-6-23-10-8-20-5-4-13-32-28(20)33-23/h8-11,15,21,26-27H,2-7,12-14,16-19,39H2,1H3,(H,32,33)(H,35,36)/t21?,26?,27-/m0/s1. The molecule has 4 atom stereocenters. The van der Waals surface area contributed by atoms with Crippen LogP contribution < -0.4 is 10.1 Å². The second-order valence-corrected chi connectivity index (χ2v) is 12.7. The SMILES string of the molecule is CC1(COc2ccc(F)cc2[C@@H](C(=O)O)N2CCC(C(P)CCCCc3ccc4c(n3)NCCC4)C2)COC1. The van der Waals surface area contributed by atoms with Crippen LogP contribution in [0.2, 0.25) is 0 Å². The van der Waals surface area contributed by atoms with E-state index in [0.29, 0.717) is 55.8 Å². The van der Waals surface area contributed by atoms with Crippen LogP contribution in [0, 0.1) is 17.2 Å². The second-order valence-electron chi connectivity index (χ2n) is 11.8. The Morgan fingerprint density at radius 3 is 2.95 bits per heavy atom. The molecule has 0 spiro atoms. The Kier molecular flexibility index (Phi) is 9.05. The lowest BCUT2D eigenvalue weighted by atomic mass is 9.90. The molecule has 7 nitrogen and oxygen atoms in total. The Labute approximate surface area is 233 Å². The quantitative estimate of drug-likeness (QED) is 0.278. The zero-order valence-electron chi connectivity index (χ0n) is 22.8. The lowest BCUT2D eigenvalue weighted by Gasteiger charge is -2.38. The average Bonchev–Trinajstić information content (AvgIpc) is 3.39. The van der Waals surface area contributed by atoms with Crippen LogP contribution in [0.3, 0.4) is 0 Å². The number of unbranched alkanes of at least 4 members (excludes halogenated alkanes) is 1. The molecular formula is C30H41FN3O4P. The van der Waals surface area contributed by atoms with Gasteiger partial charge in [-0.1, -0.05) is 19.4 Å². The normalized spacial score (nSPS) is 21.9. The maximum atomic E-state index is 14.3. The van der Waals surface area contributed by atoms with E-state index in [1.807, 2.05) is 4.90 Å². The van der Waals surface area contributed by atoms with Gasteiger partial charge in [0, 0.05) is 29.8 Å². The predicted octanol–water partition coefficient (Wildman–Crippen LogP) is 5.10. The molecule has 0 bridgehead atoms. The van der Waals surface area contributed by atoms with Crippen molar-refractivity contribution in [3.05, 3.63) is 53.0 Å². The molecule has 4 heterocycles. The van der Waals surface area contributed by atoms with Gasteiger partial charge in [-0.15, -0.1) is 9.24 Å². The number of aromatic nitrogens is 1. The molecule has 2 fully saturated rings. The van der Waals surface area contributed by atoms with Crippen molar-refractivity contribution in [1.82, 2.24) is 9.88 Å². The summed E-state index contributed by atoms with van der Waals surface area (Å²) in [5.74, 6) is 0.447. The largest absolute Gasteiger partial charge is 0.492 e.